The summed E-state index contributed by atoms with van der Waals surface area (Å²) in [6.45, 7) is 3.84. The minimum absolute atomic E-state index is 0.0639. The maximum Gasteiger partial charge on any atom is 0.339 e. The Kier molecular flexibility index (Phi) is 6.52. The Balaban J connectivity index is 2.14. The Hall–Kier alpha value is -3.60. The topological polar surface area (TPSA) is 89.6 Å². The zero-order chi connectivity index (χ0) is 21.7. The number of ether oxygens (including phenoxy) is 1. The number of nitrogens with two attached hydrogens (primary N) is 1. The molecule has 0 saturated carbocycles. The molecule has 154 valence electrons. The van der Waals surface area contributed by atoms with Crippen molar-refractivity contribution in [1.82, 2.24) is 0 Å². The van der Waals surface area contributed by atoms with Crippen LogP contribution in [-0.4, -0.2) is 16.9 Å². The number of benzene rings is 3. The van der Waals surface area contributed by atoms with Gasteiger partial charge in [-0.25, -0.2) is 4.79 Å². The molecule has 3 N–H and O–H groups in total. The minimum atomic E-state index is -0.653. The zero-order valence-electron chi connectivity index (χ0n) is 17.1. The van der Waals surface area contributed by atoms with Crippen molar-refractivity contribution in [2.75, 3.05) is 5.73 Å². The molecule has 0 spiro atoms. The van der Waals surface area contributed by atoms with E-state index in [2.05, 4.69) is 0 Å². The third-order valence-corrected chi connectivity index (χ3v) is 5.12. The van der Waals surface area contributed by atoms with Gasteiger partial charge in [-0.1, -0.05) is 74.5 Å². The van der Waals surface area contributed by atoms with Crippen LogP contribution in [0.25, 0.3) is 0 Å². The highest BCUT2D eigenvalue weighted by Gasteiger charge is 2.30. The Morgan fingerprint density at radius 3 is 2.00 bits per heavy atom. The molecule has 0 aliphatic rings. The molecule has 0 fully saturated rings. The predicted molar refractivity (Wildman–Crippen MR) is 117 cm³/mol. The first kappa shape index (κ1) is 21.1. The minimum Gasteiger partial charge on any atom is -0.505 e. The SMILES string of the molecule is CCc1c(N)c(O)c(C(=O)c2ccccc2)c(C(=O)OCc2ccccc2)c1CC. The average Bonchev–Trinajstić information content (AvgIpc) is 2.79. The summed E-state index contributed by atoms with van der Waals surface area (Å²) in [5, 5.41) is 10.8. The second-order valence-corrected chi connectivity index (χ2v) is 6.93. The van der Waals surface area contributed by atoms with Crippen LogP contribution >= 0.6 is 0 Å². The molecule has 5 nitrogen and oxygen atoms in total. The van der Waals surface area contributed by atoms with Gasteiger partial charge in [-0.15, -0.1) is 0 Å². The highest BCUT2D eigenvalue weighted by molar-refractivity contribution is 6.17. The fourth-order valence-electron chi connectivity index (χ4n) is 3.63. The number of carbonyl (C=O) groups excluding carboxylic acids is 2. The van der Waals surface area contributed by atoms with E-state index in [0.29, 0.717) is 29.5 Å². The molecule has 0 unspecified atom stereocenters. The first-order valence-electron chi connectivity index (χ1n) is 9.96. The molecule has 3 aromatic rings. The van der Waals surface area contributed by atoms with Crippen molar-refractivity contribution in [3.05, 3.63) is 94.0 Å². The van der Waals surface area contributed by atoms with Gasteiger partial charge in [-0.2, -0.15) is 0 Å². The van der Waals surface area contributed by atoms with Gasteiger partial charge in [-0.3, -0.25) is 4.79 Å². The number of aromatic hydroxyl groups is 1. The van der Waals surface area contributed by atoms with E-state index in [1.165, 1.54) is 0 Å². The lowest BCUT2D eigenvalue weighted by Gasteiger charge is -2.20. The molecule has 0 atom stereocenters. The van der Waals surface area contributed by atoms with Crippen LogP contribution < -0.4 is 5.73 Å². The molecule has 0 radical (unpaired) electrons. The van der Waals surface area contributed by atoms with E-state index in [9.17, 15) is 14.7 Å². The standard InChI is InChI=1S/C25H25NO4/c1-3-18-19(4-2)22(26)24(28)21(23(27)17-13-9-6-10-14-17)20(18)25(29)30-15-16-11-7-5-8-12-16/h5-14,28H,3-4,15,26H2,1-2H3. The van der Waals surface area contributed by atoms with E-state index < -0.39 is 11.8 Å². The van der Waals surface area contributed by atoms with Crippen molar-refractivity contribution in [3.8, 4) is 5.75 Å². The lowest BCUT2D eigenvalue weighted by atomic mass is 9.87. The zero-order valence-corrected chi connectivity index (χ0v) is 17.1. The van der Waals surface area contributed by atoms with E-state index in [1.54, 1.807) is 30.3 Å². The van der Waals surface area contributed by atoms with E-state index in [1.807, 2.05) is 44.2 Å². The molecule has 0 saturated heterocycles. The molecule has 0 amide bonds. The van der Waals surface area contributed by atoms with Crippen LogP contribution in [0, 0.1) is 0 Å². The summed E-state index contributed by atoms with van der Waals surface area (Å²) in [6, 6.07) is 17.8. The number of anilines is 1. The molecule has 5 heteroatoms. The maximum absolute atomic E-state index is 13.3. The highest BCUT2D eigenvalue weighted by Crippen LogP contribution is 2.38. The largest absolute Gasteiger partial charge is 0.505 e. The smallest absolute Gasteiger partial charge is 0.339 e. The number of hydrogen-bond donors (Lipinski definition) is 2. The maximum atomic E-state index is 13.3. The van der Waals surface area contributed by atoms with E-state index in [4.69, 9.17) is 10.5 Å². The van der Waals surface area contributed by atoms with Crippen molar-refractivity contribution in [2.24, 2.45) is 0 Å². The van der Waals surface area contributed by atoms with Crippen molar-refractivity contribution in [1.29, 1.82) is 0 Å². The number of nitrogen functional groups attached to an aromatic ring is 1. The van der Waals surface area contributed by atoms with Crippen LogP contribution in [-0.2, 0) is 24.2 Å². The van der Waals surface area contributed by atoms with Crippen LogP contribution in [0.15, 0.2) is 60.7 Å². The van der Waals surface area contributed by atoms with Crippen molar-refractivity contribution in [3.63, 3.8) is 0 Å². The molecule has 0 aromatic heterocycles. The van der Waals surface area contributed by atoms with Gasteiger partial charge < -0.3 is 15.6 Å². The Bertz CT molecular complexity index is 1060. The van der Waals surface area contributed by atoms with Gasteiger partial charge in [0.25, 0.3) is 0 Å². The van der Waals surface area contributed by atoms with Crippen LogP contribution in [0.1, 0.15) is 56.8 Å². The summed E-state index contributed by atoms with van der Waals surface area (Å²) >= 11 is 0. The van der Waals surface area contributed by atoms with Gasteiger partial charge in [0.1, 0.15) is 6.61 Å². The monoisotopic (exact) mass is 403 g/mol. The quantitative estimate of drug-likeness (QED) is 0.259. The number of carbonyl (C=O) groups is 2. The second kappa shape index (κ2) is 9.27. The van der Waals surface area contributed by atoms with E-state index in [0.717, 1.165) is 5.56 Å². The van der Waals surface area contributed by atoms with E-state index in [-0.39, 0.29) is 29.2 Å². The van der Waals surface area contributed by atoms with Gasteiger partial charge in [-0.05, 0) is 29.5 Å². The van der Waals surface area contributed by atoms with Gasteiger partial charge in [0.2, 0.25) is 0 Å². The van der Waals surface area contributed by atoms with Crippen LogP contribution in [0.3, 0.4) is 0 Å². The lowest BCUT2D eigenvalue weighted by molar-refractivity contribution is 0.0468. The van der Waals surface area contributed by atoms with Crippen LogP contribution in [0.2, 0.25) is 0 Å². The molecular formula is C25H25NO4. The Morgan fingerprint density at radius 1 is 0.867 bits per heavy atom. The molecule has 0 bridgehead atoms. The van der Waals surface area contributed by atoms with Gasteiger partial charge in [0, 0.05) is 5.56 Å². The molecule has 3 aromatic carbocycles. The fourth-order valence-corrected chi connectivity index (χ4v) is 3.63. The summed E-state index contributed by atoms with van der Waals surface area (Å²) in [5.74, 6) is -1.49. The van der Waals surface area contributed by atoms with Gasteiger partial charge in [0.05, 0.1) is 16.8 Å². The summed E-state index contributed by atoms with van der Waals surface area (Å²) in [4.78, 5) is 26.4. The predicted octanol–water partition coefficient (Wildman–Crippen LogP) is 4.69. The highest BCUT2D eigenvalue weighted by atomic mass is 16.5. The summed E-state index contributed by atoms with van der Waals surface area (Å²) in [6.07, 6.45) is 0.986. The lowest BCUT2D eigenvalue weighted by Crippen LogP contribution is -2.19. The number of phenolic OH excluding ortho intramolecular Hbond substituents is 1. The number of esters is 1. The summed E-state index contributed by atoms with van der Waals surface area (Å²) < 4.78 is 5.53. The third-order valence-electron chi connectivity index (χ3n) is 5.12. The molecular weight excluding hydrogens is 378 g/mol. The van der Waals surface area contributed by atoms with Gasteiger partial charge in [0.15, 0.2) is 11.5 Å². The molecule has 0 aliphatic carbocycles. The average molecular weight is 403 g/mol. The molecule has 0 heterocycles. The van der Waals surface area contributed by atoms with Crippen molar-refractivity contribution >= 4 is 17.4 Å². The summed E-state index contributed by atoms with van der Waals surface area (Å²) in [7, 11) is 0. The number of rotatable bonds is 7. The number of phenols is 1. The van der Waals surface area contributed by atoms with Crippen molar-refractivity contribution in [2.45, 2.75) is 33.3 Å². The van der Waals surface area contributed by atoms with Crippen molar-refractivity contribution < 1.29 is 19.4 Å². The second-order valence-electron chi connectivity index (χ2n) is 6.93. The van der Waals surface area contributed by atoms with Gasteiger partial charge >= 0.3 is 5.97 Å². The summed E-state index contributed by atoms with van der Waals surface area (Å²) in [5.41, 5.74) is 8.76. The Morgan fingerprint density at radius 2 is 1.43 bits per heavy atom. The molecule has 30 heavy (non-hydrogen) atoms. The normalized spacial score (nSPS) is 10.6. The first-order chi connectivity index (χ1) is 14.5. The first-order valence-corrected chi connectivity index (χ1v) is 9.96. The molecule has 3 rings (SSSR count). The van der Waals surface area contributed by atoms with Crippen LogP contribution in [0.5, 0.6) is 5.75 Å². The fraction of sp³-hybridized carbons (Fsp3) is 0.200. The number of ketones is 1. The molecule has 0 aliphatic heterocycles. The Labute approximate surface area is 176 Å². The van der Waals surface area contributed by atoms with E-state index >= 15 is 0 Å². The van der Waals surface area contributed by atoms with Crippen LogP contribution in [0.4, 0.5) is 5.69 Å². The number of hydrogen-bond acceptors (Lipinski definition) is 5. The third kappa shape index (κ3) is 4.06.